The number of fused-ring (bicyclic) bond motifs is 3. The fourth-order valence-electron chi connectivity index (χ4n) is 5.11. The molecule has 2 amide bonds. The molecule has 34 heavy (non-hydrogen) atoms. The monoisotopic (exact) mass is 464 g/mol. The van der Waals surface area contributed by atoms with Gasteiger partial charge in [0.1, 0.15) is 12.6 Å². The lowest BCUT2D eigenvalue weighted by molar-refractivity contribution is -0.151. The first-order chi connectivity index (χ1) is 16.5. The standard InChI is InChI=1S/C27H32N2O5/c1-18(16-25(30)29-15-9-3-2-4-14-24(29)26(31)32)28-27(33)34-17-23-21-12-7-5-10-19(21)20-11-6-8-13-22(20)23/h5-8,10-13,18,23-24H,2-4,9,14-17H2,1H3,(H,28,33)(H,31,32)/t18-,24?/m1/s1. The summed E-state index contributed by atoms with van der Waals surface area (Å²) in [6, 6.07) is 15.0. The number of amides is 2. The van der Waals surface area contributed by atoms with E-state index in [0.717, 1.165) is 47.9 Å². The van der Waals surface area contributed by atoms with Crippen molar-refractivity contribution in [1.29, 1.82) is 0 Å². The Bertz CT molecular complexity index is 1010. The maximum absolute atomic E-state index is 12.9. The molecular weight excluding hydrogens is 432 g/mol. The molecule has 2 aliphatic rings. The third-order valence-electron chi connectivity index (χ3n) is 6.80. The third-order valence-corrected chi connectivity index (χ3v) is 6.80. The van der Waals surface area contributed by atoms with Crippen LogP contribution in [0.25, 0.3) is 11.1 Å². The summed E-state index contributed by atoms with van der Waals surface area (Å²) in [7, 11) is 0. The van der Waals surface area contributed by atoms with Crippen LogP contribution in [-0.2, 0) is 14.3 Å². The number of carboxylic acid groups (broad SMARTS) is 1. The number of rotatable bonds is 6. The molecule has 1 fully saturated rings. The van der Waals surface area contributed by atoms with Gasteiger partial charge in [-0.25, -0.2) is 9.59 Å². The van der Waals surface area contributed by atoms with Gasteiger partial charge in [-0.05, 0) is 42.0 Å². The van der Waals surface area contributed by atoms with Gasteiger partial charge in [0.15, 0.2) is 0 Å². The predicted octanol–water partition coefficient (Wildman–Crippen LogP) is 4.55. The first-order valence-electron chi connectivity index (χ1n) is 12.1. The fourth-order valence-corrected chi connectivity index (χ4v) is 5.11. The molecule has 0 radical (unpaired) electrons. The van der Waals surface area contributed by atoms with Crippen LogP contribution in [0.5, 0.6) is 0 Å². The molecule has 2 atom stereocenters. The number of nitrogens with zero attached hydrogens (tertiary/aromatic N) is 1. The molecule has 2 aromatic rings. The second-order valence-electron chi connectivity index (χ2n) is 9.22. The average Bonchev–Trinajstić information content (AvgIpc) is 3.11. The van der Waals surface area contributed by atoms with Crippen LogP contribution in [0.2, 0.25) is 0 Å². The minimum atomic E-state index is -0.965. The van der Waals surface area contributed by atoms with Gasteiger partial charge in [-0.2, -0.15) is 0 Å². The number of aliphatic carboxylic acids is 1. The lowest BCUT2D eigenvalue weighted by atomic mass is 9.98. The van der Waals surface area contributed by atoms with E-state index in [0.29, 0.717) is 13.0 Å². The number of carbonyl (C=O) groups excluding carboxylic acids is 2. The van der Waals surface area contributed by atoms with E-state index in [4.69, 9.17) is 4.74 Å². The van der Waals surface area contributed by atoms with Crippen molar-refractivity contribution in [2.24, 2.45) is 0 Å². The zero-order valence-corrected chi connectivity index (χ0v) is 19.5. The SMILES string of the molecule is C[C@H](CC(=O)N1CCCCCCC1C(=O)O)NC(=O)OCC1c2ccccc2-c2ccccc21. The Labute approximate surface area is 200 Å². The molecule has 4 rings (SSSR count). The van der Waals surface area contributed by atoms with Crippen LogP contribution < -0.4 is 5.32 Å². The number of carboxylic acids is 1. The van der Waals surface area contributed by atoms with Crippen molar-refractivity contribution in [2.45, 2.75) is 63.5 Å². The summed E-state index contributed by atoms with van der Waals surface area (Å²) >= 11 is 0. The lowest BCUT2D eigenvalue weighted by Gasteiger charge is -2.31. The van der Waals surface area contributed by atoms with E-state index in [1.807, 2.05) is 24.3 Å². The highest BCUT2D eigenvalue weighted by molar-refractivity contribution is 5.84. The Morgan fingerprint density at radius 3 is 2.26 bits per heavy atom. The second-order valence-corrected chi connectivity index (χ2v) is 9.22. The number of alkyl carbamates (subject to hydrolysis) is 1. The van der Waals surface area contributed by atoms with Gasteiger partial charge in [0.25, 0.3) is 0 Å². The zero-order valence-electron chi connectivity index (χ0n) is 19.5. The summed E-state index contributed by atoms with van der Waals surface area (Å²) < 4.78 is 5.56. The summed E-state index contributed by atoms with van der Waals surface area (Å²) in [5.74, 6) is -1.25. The van der Waals surface area contributed by atoms with Gasteiger partial charge < -0.3 is 20.1 Å². The molecule has 0 aromatic heterocycles. The van der Waals surface area contributed by atoms with Crippen molar-refractivity contribution < 1.29 is 24.2 Å². The van der Waals surface area contributed by atoms with Gasteiger partial charge in [0.05, 0.1) is 0 Å². The van der Waals surface area contributed by atoms with E-state index in [-0.39, 0.29) is 24.9 Å². The van der Waals surface area contributed by atoms with Crippen molar-refractivity contribution in [1.82, 2.24) is 10.2 Å². The number of likely N-dealkylation sites (tertiary alicyclic amines) is 1. The molecule has 0 saturated carbocycles. The smallest absolute Gasteiger partial charge is 0.407 e. The van der Waals surface area contributed by atoms with Gasteiger partial charge in [-0.1, -0.05) is 67.8 Å². The molecule has 2 N–H and O–H groups in total. The van der Waals surface area contributed by atoms with E-state index in [1.165, 1.54) is 4.90 Å². The Balaban J connectivity index is 1.33. The number of hydrogen-bond acceptors (Lipinski definition) is 4. The zero-order chi connectivity index (χ0) is 24.1. The molecule has 1 aliphatic carbocycles. The van der Waals surface area contributed by atoms with Crippen LogP contribution in [-0.4, -0.2) is 53.2 Å². The topological polar surface area (TPSA) is 95.9 Å². The Kier molecular flexibility index (Phi) is 7.50. The average molecular weight is 465 g/mol. The maximum atomic E-state index is 12.9. The third kappa shape index (κ3) is 5.24. The van der Waals surface area contributed by atoms with Gasteiger partial charge >= 0.3 is 12.1 Å². The molecule has 0 bridgehead atoms. The highest BCUT2D eigenvalue weighted by Crippen LogP contribution is 2.44. The quantitative estimate of drug-likeness (QED) is 0.654. The summed E-state index contributed by atoms with van der Waals surface area (Å²) in [4.78, 5) is 38.6. The number of ether oxygens (including phenoxy) is 1. The number of carbonyl (C=O) groups is 3. The van der Waals surface area contributed by atoms with E-state index >= 15 is 0 Å². The predicted molar refractivity (Wildman–Crippen MR) is 129 cm³/mol. The first-order valence-corrected chi connectivity index (χ1v) is 12.1. The normalized spacial score (nSPS) is 18.7. The lowest BCUT2D eigenvalue weighted by Crippen LogP contribution is -2.48. The molecule has 7 nitrogen and oxygen atoms in total. The highest BCUT2D eigenvalue weighted by atomic mass is 16.5. The van der Waals surface area contributed by atoms with Gasteiger partial charge in [0.2, 0.25) is 5.91 Å². The van der Waals surface area contributed by atoms with Crippen LogP contribution >= 0.6 is 0 Å². The molecule has 1 aliphatic heterocycles. The first kappa shape index (κ1) is 23.8. The molecule has 7 heteroatoms. The van der Waals surface area contributed by atoms with Gasteiger partial charge in [-0.15, -0.1) is 0 Å². The summed E-state index contributed by atoms with van der Waals surface area (Å²) in [6.45, 7) is 2.38. The molecule has 2 aromatic carbocycles. The Morgan fingerprint density at radius 2 is 1.62 bits per heavy atom. The fraction of sp³-hybridized carbons (Fsp3) is 0.444. The van der Waals surface area contributed by atoms with Gasteiger partial charge in [0, 0.05) is 24.9 Å². The largest absolute Gasteiger partial charge is 0.480 e. The van der Waals surface area contributed by atoms with E-state index in [1.54, 1.807) is 6.92 Å². The van der Waals surface area contributed by atoms with Gasteiger partial charge in [-0.3, -0.25) is 4.79 Å². The number of nitrogens with one attached hydrogen (secondary N) is 1. The van der Waals surface area contributed by atoms with E-state index in [9.17, 15) is 19.5 Å². The second kappa shape index (κ2) is 10.7. The van der Waals surface area contributed by atoms with Crippen molar-refractivity contribution in [3.63, 3.8) is 0 Å². The van der Waals surface area contributed by atoms with Crippen molar-refractivity contribution in [3.8, 4) is 11.1 Å². The van der Waals surface area contributed by atoms with Crippen LogP contribution in [0.1, 0.15) is 62.5 Å². The molecule has 1 saturated heterocycles. The Hall–Kier alpha value is -3.35. The molecule has 0 spiro atoms. The van der Waals surface area contributed by atoms with Crippen LogP contribution in [0, 0.1) is 0 Å². The van der Waals surface area contributed by atoms with E-state index < -0.39 is 24.1 Å². The van der Waals surface area contributed by atoms with Crippen LogP contribution in [0.4, 0.5) is 4.79 Å². The van der Waals surface area contributed by atoms with Crippen LogP contribution in [0.3, 0.4) is 0 Å². The van der Waals surface area contributed by atoms with Crippen LogP contribution in [0.15, 0.2) is 48.5 Å². The number of hydrogen-bond donors (Lipinski definition) is 2. The minimum Gasteiger partial charge on any atom is -0.480 e. The summed E-state index contributed by atoms with van der Waals surface area (Å²) in [5.41, 5.74) is 4.59. The maximum Gasteiger partial charge on any atom is 0.407 e. The van der Waals surface area contributed by atoms with E-state index in [2.05, 4.69) is 29.6 Å². The van der Waals surface area contributed by atoms with Crippen molar-refractivity contribution >= 4 is 18.0 Å². The highest BCUT2D eigenvalue weighted by Gasteiger charge is 2.32. The van der Waals surface area contributed by atoms with Crippen molar-refractivity contribution in [2.75, 3.05) is 13.2 Å². The summed E-state index contributed by atoms with van der Waals surface area (Å²) in [6.07, 6.45) is 3.50. The van der Waals surface area contributed by atoms with Crippen molar-refractivity contribution in [3.05, 3.63) is 59.7 Å². The summed E-state index contributed by atoms with van der Waals surface area (Å²) in [5, 5.41) is 12.3. The Morgan fingerprint density at radius 1 is 1.00 bits per heavy atom. The number of benzene rings is 2. The molecule has 1 unspecified atom stereocenters. The molecule has 1 heterocycles. The molecule has 180 valence electrons. The molecular formula is C27H32N2O5. The minimum absolute atomic E-state index is 0.0348.